The molecule has 108 valence electrons. The average molecular weight is 260 g/mol. The second kappa shape index (κ2) is 13.2. The molecule has 0 saturated carbocycles. The lowest BCUT2D eigenvalue weighted by atomic mass is 10.2. The van der Waals surface area contributed by atoms with E-state index in [-0.39, 0.29) is 0 Å². The van der Waals surface area contributed by atoms with Crippen molar-refractivity contribution in [1.29, 1.82) is 0 Å². The SMILES string of the molecule is C1CCNCCOCCOCCNCCOCC1. The summed E-state index contributed by atoms with van der Waals surface area (Å²) in [6.07, 6.45) is 3.60. The van der Waals surface area contributed by atoms with Gasteiger partial charge in [-0.3, -0.25) is 0 Å². The summed E-state index contributed by atoms with van der Waals surface area (Å²) in [5.41, 5.74) is 0. The van der Waals surface area contributed by atoms with Gasteiger partial charge in [0, 0.05) is 26.2 Å². The molecule has 0 radical (unpaired) electrons. The van der Waals surface area contributed by atoms with Gasteiger partial charge in [0.2, 0.25) is 0 Å². The van der Waals surface area contributed by atoms with Crippen LogP contribution in [0.5, 0.6) is 0 Å². The summed E-state index contributed by atoms with van der Waals surface area (Å²) in [6, 6.07) is 0. The van der Waals surface area contributed by atoms with Crippen molar-refractivity contribution in [3.05, 3.63) is 0 Å². The smallest absolute Gasteiger partial charge is 0.0701 e. The average Bonchev–Trinajstić information content (AvgIpc) is 2.39. The maximum atomic E-state index is 5.54. The van der Waals surface area contributed by atoms with Crippen molar-refractivity contribution in [1.82, 2.24) is 10.6 Å². The third-order valence-electron chi connectivity index (χ3n) is 2.78. The largest absolute Gasteiger partial charge is 0.380 e. The molecule has 1 aliphatic rings. The molecule has 0 spiro atoms. The number of hydrogen-bond acceptors (Lipinski definition) is 5. The summed E-state index contributed by atoms with van der Waals surface area (Å²) in [7, 11) is 0. The zero-order chi connectivity index (χ0) is 12.7. The van der Waals surface area contributed by atoms with Crippen LogP contribution in [0.1, 0.15) is 19.3 Å². The van der Waals surface area contributed by atoms with Gasteiger partial charge in [-0.25, -0.2) is 0 Å². The van der Waals surface area contributed by atoms with Crippen molar-refractivity contribution >= 4 is 0 Å². The van der Waals surface area contributed by atoms with E-state index in [0.29, 0.717) is 13.2 Å². The molecule has 1 rings (SSSR count). The maximum absolute atomic E-state index is 5.54. The van der Waals surface area contributed by atoms with E-state index in [4.69, 9.17) is 14.2 Å². The number of ether oxygens (including phenoxy) is 3. The number of rotatable bonds is 0. The minimum Gasteiger partial charge on any atom is -0.380 e. The van der Waals surface area contributed by atoms with E-state index in [1.54, 1.807) is 0 Å². The molecule has 0 amide bonds. The first-order valence-corrected chi connectivity index (χ1v) is 7.15. The standard InChI is InChI=1S/C13H28N2O3/c1-2-4-14-5-10-17-12-13-18-11-7-15-6-9-16-8-3-1/h14-15H,1-13H2. The van der Waals surface area contributed by atoms with Crippen molar-refractivity contribution < 1.29 is 14.2 Å². The van der Waals surface area contributed by atoms with Crippen LogP contribution in [0.15, 0.2) is 0 Å². The van der Waals surface area contributed by atoms with Crippen LogP contribution in [0.2, 0.25) is 0 Å². The van der Waals surface area contributed by atoms with Gasteiger partial charge in [0.1, 0.15) is 0 Å². The van der Waals surface area contributed by atoms with E-state index < -0.39 is 0 Å². The Morgan fingerprint density at radius 2 is 1.00 bits per heavy atom. The summed E-state index contributed by atoms with van der Waals surface area (Å²) >= 11 is 0. The second-order valence-corrected chi connectivity index (χ2v) is 4.40. The fourth-order valence-electron chi connectivity index (χ4n) is 1.74. The normalized spacial score (nSPS) is 24.0. The first-order chi connectivity index (χ1) is 9.00. The van der Waals surface area contributed by atoms with Gasteiger partial charge in [-0.15, -0.1) is 0 Å². The highest BCUT2D eigenvalue weighted by Gasteiger charge is 1.94. The Labute approximate surface area is 111 Å². The first-order valence-electron chi connectivity index (χ1n) is 7.15. The number of nitrogens with one attached hydrogen (secondary N) is 2. The Morgan fingerprint density at radius 1 is 0.444 bits per heavy atom. The Morgan fingerprint density at radius 3 is 1.67 bits per heavy atom. The molecule has 18 heavy (non-hydrogen) atoms. The predicted molar refractivity (Wildman–Crippen MR) is 72.0 cm³/mol. The third-order valence-corrected chi connectivity index (χ3v) is 2.78. The van der Waals surface area contributed by atoms with Crippen LogP contribution >= 0.6 is 0 Å². The predicted octanol–water partition coefficient (Wildman–Crippen LogP) is 0.399. The van der Waals surface area contributed by atoms with E-state index in [9.17, 15) is 0 Å². The molecule has 0 unspecified atom stereocenters. The zero-order valence-corrected chi connectivity index (χ0v) is 11.4. The van der Waals surface area contributed by atoms with E-state index in [2.05, 4.69) is 10.6 Å². The molecule has 1 saturated heterocycles. The third kappa shape index (κ3) is 10.9. The lowest BCUT2D eigenvalue weighted by Gasteiger charge is -2.09. The van der Waals surface area contributed by atoms with Crippen molar-refractivity contribution in [2.24, 2.45) is 0 Å². The molecule has 0 aromatic carbocycles. The van der Waals surface area contributed by atoms with Crippen molar-refractivity contribution in [2.75, 3.05) is 65.8 Å². The van der Waals surface area contributed by atoms with E-state index in [0.717, 1.165) is 59.0 Å². The van der Waals surface area contributed by atoms with Gasteiger partial charge in [0.05, 0.1) is 33.0 Å². The van der Waals surface area contributed by atoms with Gasteiger partial charge in [0.25, 0.3) is 0 Å². The summed E-state index contributed by atoms with van der Waals surface area (Å²) in [5, 5.41) is 6.66. The minimum absolute atomic E-state index is 0.679. The van der Waals surface area contributed by atoms with E-state index in [1.165, 1.54) is 12.8 Å². The Kier molecular flexibility index (Phi) is 11.7. The van der Waals surface area contributed by atoms with Gasteiger partial charge in [0.15, 0.2) is 0 Å². The van der Waals surface area contributed by atoms with Crippen LogP contribution in [-0.2, 0) is 14.2 Å². The first kappa shape index (κ1) is 15.9. The van der Waals surface area contributed by atoms with Crippen molar-refractivity contribution in [3.63, 3.8) is 0 Å². The molecule has 0 aliphatic carbocycles. The van der Waals surface area contributed by atoms with Gasteiger partial charge < -0.3 is 24.8 Å². The van der Waals surface area contributed by atoms with Crippen LogP contribution in [0.4, 0.5) is 0 Å². The molecule has 1 heterocycles. The highest BCUT2D eigenvalue weighted by Crippen LogP contribution is 1.94. The monoisotopic (exact) mass is 260 g/mol. The topological polar surface area (TPSA) is 51.8 Å². The molecule has 5 nitrogen and oxygen atoms in total. The summed E-state index contributed by atoms with van der Waals surface area (Å²) in [5.74, 6) is 0. The number of hydrogen-bond donors (Lipinski definition) is 2. The Hall–Kier alpha value is -0.200. The van der Waals surface area contributed by atoms with Gasteiger partial charge >= 0.3 is 0 Å². The molecule has 1 fully saturated rings. The summed E-state index contributed by atoms with van der Waals surface area (Å²) < 4.78 is 16.4. The molecule has 1 aliphatic heterocycles. The highest BCUT2D eigenvalue weighted by atomic mass is 16.5. The molecule has 0 aromatic rings. The van der Waals surface area contributed by atoms with E-state index >= 15 is 0 Å². The summed E-state index contributed by atoms with van der Waals surface area (Å²) in [6.45, 7) is 8.32. The van der Waals surface area contributed by atoms with Crippen LogP contribution in [0.25, 0.3) is 0 Å². The quantitative estimate of drug-likeness (QED) is 0.660. The maximum Gasteiger partial charge on any atom is 0.0701 e. The van der Waals surface area contributed by atoms with Crippen LogP contribution in [0.3, 0.4) is 0 Å². The lowest BCUT2D eigenvalue weighted by molar-refractivity contribution is 0.0489. The molecule has 0 aromatic heterocycles. The lowest BCUT2D eigenvalue weighted by Crippen LogP contribution is -2.25. The van der Waals surface area contributed by atoms with Crippen LogP contribution < -0.4 is 10.6 Å². The van der Waals surface area contributed by atoms with Crippen molar-refractivity contribution in [3.8, 4) is 0 Å². The highest BCUT2D eigenvalue weighted by molar-refractivity contribution is 4.50. The molecule has 0 atom stereocenters. The molecule has 5 heteroatoms. The fourth-order valence-corrected chi connectivity index (χ4v) is 1.74. The van der Waals surface area contributed by atoms with Crippen LogP contribution in [-0.4, -0.2) is 65.8 Å². The van der Waals surface area contributed by atoms with Gasteiger partial charge in [-0.1, -0.05) is 0 Å². The molecule has 2 N–H and O–H groups in total. The molecular weight excluding hydrogens is 232 g/mol. The molecular formula is C13H28N2O3. The zero-order valence-electron chi connectivity index (χ0n) is 11.4. The van der Waals surface area contributed by atoms with Gasteiger partial charge in [-0.05, 0) is 25.8 Å². The Bertz CT molecular complexity index is 95.3. The minimum atomic E-state index is 0.679. The van der Waals surface area contributed by atoms with Gasteiger partial charge in [-0.2, -0.15) is 0 Å². The van der Waals surface area contributed by atoms with E-state index in [1.807, 2.05) is 0 Å². The Balaban J connectivity index is 2.00. The fraction of sp³-hybridized carbons (Fsp3) is 1.00. The van der Waals surface area contributed by atoms with Crippen LogP contribution in [0, 0.1) is 0 Å². The second-order valence-electron chi connectivity index (χ2n) is 4.40. The summed E-state index contributed by atoms with van der Waals surface area (Å²) in [4.78, 5) is 0. The molecule has 0 bridgehead atoms. The van der Waals surface area contributed by atoms with Crippen molar-refractivity contribution in [2.45, 2.75) is 19.3 Å².